The third-order valence-electron chi connectivity index (χ3n) is 4.46. The highest BCUT2D eigenvalue weighted by molar-refractivity contribution is 7.09. The lowest BCUT2D eigenvalue weighted by atomic mass is 9.73. The van der Waals surface area contributed by atoms with E-state index in [1.54, 1.807) is 11.3 Å². The molecule has 19 heavy (non-hydrogen) atoms. The summed E-state index contributed by atoms with van der Waals surface area (Å²) < 4.78 is 0. The summed E-state index contributed by atoms with van der Waals surface area (Å²) in [6, 6.07) is 14.8. The summed E-state index contributed by atoms with van der Waals surface area (Å²) >= 11 is 1.74. The van der Waals surface area contributed by atoms with Crippen molar-refractivity contribution in [3.8, 4) is 0 Å². The van der Waals surface area contributed by atoms with Gasteiger partial charge in [-0.3, -0.25) is 0 Å². The zero-order valence-electron chi connectivity index (χ0n) is 11.1. The summed E-state index contributed by atoms with van der Waals surface area (Å²) in [5, 5.41) is 12.9. The Morgan fingerprint density at radius 1 is 1.05 bits per heavy atom. The molecular weight excluding hydrogens is 252 g/mol. The predicted molar refractivity (Wildman–Crippen MR) is 80.6 cm³/mol. The lowest BCUT2D eigenvalue weighted by Crippen LogP contribution is -2.38. The molecule has 1 saturated carbocycles. The molecule has 1 aromatic heterocycles. The van der Waals surface area contributed by atoms with Gasteiger partial charge in [0, 0.05) is 16.7 Å². The van der Waals surface area contributed by atoms with Gasteiger partial charge in [-0.25, -0.2) is 0 Å². The Balaban J connectivity index is 1.88. The second-order valence-electron chi connectivity index (χ2n) is 5.53. The van der Waals surface area contributed by atoms with Crippen LogP contribution in [0.25, 0.3) is 0 Å². The van der Waals surface area contributed by atoms with Crippen molar-refractivity contribution in [2.45, 2.75) is 43.6 Å². The van der Waals surface area contributed by atoms with Gasteiger partial charge in [0.15, 0.2) is 0 Å². The highest BCUT2D eigenvalue weighted by atomic mass is 32.1. The molecule has 2 aromatic rings. The zero-order chi connectivity index (χ0) is 13.1. The number of hydrogen-bond donors (Lipinski definition) is 1. The molecule has 100 valence electrons. The van der Waals surface area contributed by atoms with E-state index in [2.05, 4.69) is 47.8 Å². The second kappa shape index (κ2) is 5.48. The molecule has 3 rings (SSSR count). The number of benzene rings is 1. The van der Waals surface area contributed by atoms with Crippen LogP contribution < -0.4 is 0 Å². The van der Waals surface area contributed by atoms with Crippen LogP contribution in [0.1, 0.15) is 36.1 Å². The monoisotopic (exact) mass is 272 g/mol. The topological polar surface area (TPSA) is 20.2 Å². The highest BCUT2D eigenvalue weighted by Gasteiger charge is 2.41. The molecule has 0 bridgehead atoms. The van der Waals surface area contributed by atoms with Crippen molar-refractivity contribution in [2.24, 2.45) is 0 Å². The van der Waals surface area contributed by atoms with E-state index >= 15 is 0 Å². The Morgan fingerprint density at radius 2 is 1.79 bits per heavy atom. The van der Waals surface area contributed by atoms with Crippen molar-refractivity contribution in [1.82, 2.24) is 0 Å². The quantitative estimate of drug-likeness (QED) is 0.886. The molecule has 1 heterocycles. The minimum absolute atomic E-state index is 0.0226. The average Bonchev–Trinajstić information content (AvgIpc) is 3.11. The minimum Gasteiger partial charge on any atom is -0.392 e. The van der Waals surface area contributed by atoms with E-state index in [-0.39, 0.29) is 11.5 Å². The molecule has 0 amide bonds. The smallest absolute Gasteiger partial charge is 0.0684 e. The normalized spacial score (nSPS) is 19.4. The van der Waals surface area contributed by atoms with Crippen LogP contribution in [-0.2, 0) is 11.8 Å². The first-order valence-corrected chi connectivity index (χ1v) is 7.95. The van der Waals surface area contributed by atoms with Gasteiger partial charge in [-0.15, -0.1) is 11.3 Å². The van der Waals surface area contributed by atoms with E-state index in [9.17, 15) is 5.11 Å². The largest absolute Gasteiger partial charge is 0.392 e. The van der Waals surface area contributed by atoms with Crippen molar-refractivity contribution in [2.75, 3.05) is 0 Å². The summed E-state index contributed by atoms with van der Waals surface area (Å²) in [5.74, 6) is 0. The number of rotatable bonds is 4. The molecule has 1 N–H and O–H groups in total. The van der Waals surface area contributed by atoms with Crippen molar-refractivity contribution in [1.29, 1.82) is 0 Å². The van der Waals surface area contributed by atoms with Gasteiger partial charge in [0.05, 0.1) is 6.10 Å². The van der Waals surface area contributed by atoms with Crippen LogP contribution in [-0.4, -0.2) is 11.2 Å². The van der Waals surface area contributed by atoms with Gasteiger partial charge in [-0.05, 0) is 29.9 Å². The molecule has 1 fully saturated rings. The van der Waals surface area contributed by atoms with Crippen molar-refractivity contribution >= 4 is 11.3 Å². The Hall–Kier alpha value is -1.12. The Labute approximate surface area is 118 Å². The number of hydrogen-bond acceptors (Lipinski definition) is 2. The van der Waals surface area contributed by atoms with Crippen LogP contribution in [0.5, 0.6) is 0 Å². The summed E-state index contributed by atoms with van der Waals surface area (Å²) in [6.45, 7) is 0. The zero-order valence-corrected chi connectivity index (χ0v) is 11.9. The third kappa shape index (κ3) is 2.47. The fraction of sp³-hybridized carbons (Fsp3) is 0.412. The summed E-state index contributed by atoms with van der Waals surface area (Å²) in [7, 11) is 0. The number of aliphatic hydroxyl groups excluding tert-OH is 1. The molecule has 0 aliphatic heterocycles. The van der Waals surface area contributed by atoms with Gasteiger partial charge in [0.25, 0.3) is 0 Å². The molecule has 2 heteroatoms. The molecule has 0 saturated heterocycles. The highest BCUT2D eigenvalue weighted by Crippen LogP contribution is 2.44. The summed E-state index contributed by atoms with van der Waals surface area (Å²) in [4.78, 5) is 1.29. The molecule has 0 spiro atoms. The summed E-state index contributed by atoms with van der Waals surface area (Å²) in [5.41, 5.74) is 1.29. The number of aliphatic hydroxyl groups is 1. The Bertz CT molecular complexity index is 497. The van der Waals surface area contributed by atoms with Gasteiger partial charge in [-0.2, -0.15) is 0 Å². The SMILES string of the molecule is OC(Cc1cccs1)C1(c2ccccc2)CCCC1. The van der Waals surface area contributed by atoms with Crippen molar-refractivity contribution < 1.29 is 5.11 Å². The minimum atomic E-state index is -0.268. The molecule has 0 radical (unpaired) electrons. The van der Waals surface area contributed by atoms with E-state index in [0.29, 0.717) is 0 Å². The molecule has 1 unspecified atom stereocenters. The van der Waals surface area contributed by atoms with E-state index in [4.69, 9.17) is 0 Å². The molecule has 1 aromatic carbocycles. The van der Waals surface area contributed by atoms with E-state index in [1.165, 1.54) is 23.3 Å². The van der Waals surface area contributed by atoms with Gasteiger partial charge in [0.2, 0.25) is 0 Å². The van der Waals surface area contributed by atoms with Gasteiger partial charge < -0.3 is 5.11 Å². The first kappa shape index (κ1) is 12.9. The third-order valence-corrected chi connectivity index (χ3v) is 5.36. The number of thiophene rings is 1. The van der Waals surface area contributed by atoms with Crippen molar-refractivity contribution in [3.63, 3.8) is 0 Å². The van der Waals surface area contributed by atoms with E-state index < -0.39 is 0 Å². The van der Waals surface area contributed by atoms with E-state index in [1.807, 2.05) is 0 Å². The Kier molecular flexibility index (Phi) is 3.72. The molecule has 1 nitrogen and oxygen atoms in total. The fourth-order valence-corrected chi connectivity index (χ4v) is 4.15. The Morgan fingerprint density at radius 3 is 2.42 bits per heavy atom. The molecule has 1 aliphatic rings. The molecule has 1 atom stereocenters. The van der Waals surface area contributed by atoms with Gasteiger partial charge in [0.1, 0.15) is 0 Å². The van der Waals surface area contributed by atoms with Crippen LogP contribution in [0.2, 0.25) is 0 Å². The lowest BCUT2D eigenvalue weighted by Gasteiger charge is -2.35. The maximum atomic E-state index is 10.8. The van der Waals surface area contributed by atoms with E-state index in [0.717, 1.165) is 19.3 Å². The molecular formula is C17H20OS. The van der Waals surface area contributed by atoms with Gasteiger partial charge in [-0.1, -0.05) is 49.2 Å². The first-order valence-electron chi connectivity index (χ1n) is 7.07. The van der Waals surface area contributed by atoms with Crippen LogP contribution in [0.15, 0.2) is 47.8 Å². The standard InChI is InChI=1S/C17H20OS/c18-16(13-15-9-6-12-19-15)17(10-4-5-11-17)14-7-2-1-3-8-14/h1-3,6-9,12,16,18H,4-5,10-11,13H2. The average molecular weight is 272 g/mol. The molecule has 1 aliphatic carbocycles. The maximum absolute atomic E-state index is 10.8. The second-order valence-corrected chi connectivity index (χ2v) is 6.56. The summed E-state index contributed by atoms with van der Waals surface area (Å²) in [6.07, 6.45) is 5.21. The first-order chi connectivity index (χ1) is 9.31. The predicted octanol–water partition coefficient (Wildman–Crippen LogP) is 4.16. The van der Waals surface area contributed by atoms with Crippen LogP contribution in [0.4, 0.5) is 0 Å². The van der Waals surface area contributed by atoms with Crippen molar-refractivity contribution in [3.05, 3.63) is 58.3 Å². The van der Waals surface area contributed by atoms with Crippen LogP contribution in [0.3, 0.4) is 0 Å². The van der Waals surface area contributed by atoms with Gasteiger partial charge >= 0.3 is 0 Å². The van der Waals surface area contributed by atoms with Crippen LogP contribution in [0, 0.1) is 0 Å². The lowest BCUT2D eigenvalue weighted by molar-refractivity contribution is 0.0833. The fourth-order valence-electron chi connectivity index (χ4n) is 3.40. The van der Waals surface area contributed by atoms with Crippen LogP contribution >= 0.6 is 11.3 Å². The maximum Gasteiger partial charge on any atom is 0.0684 e.